The highest BCUT2D eigenvalue weighted by atomic mass is 16.1. The SMILES string of the molecule is CCC(=O)/C(=C/c1ccc(C)cc1)c1cc(-c2ccccc2C)ccc1C.CCCCCN(C)CCC. The number of Topliss-reactive ketones (excluding diaryl/α,β-unsaturated/α-hetero) is 1. The molecule has 37 heavy (non-hydrogen) atoms. The first-order chi connectivity index (χ1) is 17.8. The minimum absolute atomic E-state index is 0.167. The molecule has 3 aromatic rings. The van der Waals surface area contributed by atoms with Gasteiger partial charge in [0, 0.05) is 12.0 Å². The fraction of sp³-hybridized carbons (Fsp3) is 0.400. The van der Waals surface area contributed by atoms with Crippen molar-refractivity contribution in [1.82, 2.24) is 4.90 Å². The van der Waals surface area contributed by atoms with Crippen LogP contribution in [0.4, 0.5) is 0 Å². The lowest BCUT2D eigenvalue weighted by Gasteiger charge is -2.14. The first-order valence-electron chi connectivity index (χ1n) is 14.0. The van der Waals surface area contributed by atoms with Crippen LogP contribution in [0.15, 0.2) is 66.7 Å². The molecule has 3 rings (SSSR count). The summed E-state index contributed by atoms with van der Waals surface area (Å²) >= 11 is 0. The number of unbranched alkanes of at least 4 members (excludes halogenated alkanes) is 2. The number of ketones is 1. The molecule has 0 atom stereocenters. The van der Waals surface area contributed by atoms with Gasteiger partial charge in [0.15, 0.2) is 5.78 Å². The lowest BCUT2D eigenvalue weighted by atomic mass is 9.90. The van der Waals surface area contributed by atoms with Gasteiger partial charge in [0.25, 0.3) is 0 Å². The summed E-state index contributed by atoms with van der Waals surface area (Å²) in [5.74, 6) is 0.167. The van der Waals surface area contributed by atoms with Gasteiger partial charge >= 0.3 is 0 Å². The minimum atomic E-state index is 0.167. The molecule has 0 heterocycles. The molecule has 0 fully saturated rings. The van der Waals surface area contributed by atoms with Crippen LogP contribution in [-0.4, -0.2) is 30.8 Å². The molecule has 0 aliphatic heterocycles. The monoisotopic (exact) mass is 497 g/mol. The Kier molecular flexibility index (Phi) is 13.1. The van der Waals surface area contributed by atoms with Crippen LogP contribution in [0.5, 0.6) is 0 Å². The van der Waals surface area contributed by atoms with Gasteiger partial charge in [0.1, 0.15) is 0 Å². The van der Waals surface area contributed by atoms with Crippen molar-refractivity contribution in [1.29, 1.82) is 0 Å². The highest BCUT2D eigenvalue weighted by molar-refractivity contribution is 6.25. The van der Waals surface area contributed by atoms with E-state index in [0.29, 0.717) is 6.42 Å². The zero-order chi connectivity index (χ0) is 27.2. The molecular formula is C35H47NO. The molecule has 0 unspecified atom stereocenters. The summed E-state index contributed by atoms with van der Waals surface area (Å²) in [6, 6.07) is 23.1. The lowest BCUT2D eigenvalue weighted by molar-refractivity contribution is -0.113. The lowest BCUT2D eigenvalue weighted by Crippen LogP contribution is -2.20. The second-order valence-corrected chi connectivity index (χ2v) is 10.1. The Morgan fingerprint density at radius 1 is 0.784 bits per heavy atom. The minimum Gasteiger partial charge on any atom is -0.306 e. The fourth-order valence-corrected chi connectivity index (χ4v) is 4.43. The predicted molar refractivity (Wildman–Crippen MR) is 163 cm³/mol. The second kappa shape index (κ2) is 16.0. The van der Waals surface area contributed by atoms with Gasteiger partial charge < -0.3 is 4.90 Å². The zero-order valence-corrected chi connectivity index (χ0v) is 24.2. The van der Waals surface area contributed by atoms with Crippen molar-refractivity contribution in [3.63, 3.8) is 0 Å². The molecule has 0 aliphatic rings. The third kappa shape index (κ3) is 9.78. The third-order valence-electron chi connectivity index (χ3n) is 6.74. The van der Waals surface area contributed by atoms with Gasteiger partial charge in [-0.15, -0.1) is 0 Å². The molecule has 0 N–H and O–H groups in total. The molecule has 0 saturated heterocycles. The average Bonchev–Trinajstić information content (AvgIpc) is 2.89. The number of allylic oxidation sites excluding steroid dienone is 1. The standard InChI is InChI=1S/C26H26O.C9H21N/c1-5-26(27)25(16-21-13-10-18(2)11-14-21)24-17-22(15-12-20(24)4)23-9-7-6-8-19(23)3;1-4-6-7-9-10(3)8-5-2/h6-17H,5H2,1-4H3;4-9H2,1-3H3/b25-16+;. The molecular weight excluding hydrogens is 450 g/mol. The molecule has 0 spiro atoms. The normalized spacial score (nSPS) is 11.3. The van der Waals surface area contributed by atoms with Crippen molar-refractivity contribution in [2.45, 2.75) is 73.6 Å². The predicted octanol–water partition coefficient (Wildman–Crippen LogP) is 9.32. The van der Waals surface area contributed by atoms with Crippen molar-refractivity contribution in [2.24, 2.45) is 0 Å². The van der Waals surface area contributed by atoms with Crippen molar-refractivity contribution in [2.75, 3.05) is 20.1 Å². The van der Waals surface area contributed by atoms with E-state index in [9.17, 15) is 4.79 Å². The van der Waals surface area contributed by atoms with Crippen molar-refractivity contribution < 1.29 is 4.79 Å². The van der Waals surface area contributed by atoms with E-state index in [1.165, 1.54) is 55.5 Å². The molecule has 0 saturated carbocycles. The number of hydrogen-bond acceptors (Lipinski definition) is 2. The topological polar surface area (TPSA) is 20.3 Å². The van der Waals surface area contributed by atoms with E-state index in [0.717, 1.165) is 27.8 Å². The van der Waals surface area contributed by atoms with Gasteiger partial charge in [-0.2, -0.15) is 0 Å². The molecule has 2 heteroatoms. The molecule has 2 nitrogen and oxygen atoms in total. The Morgan fingerprint density at radius 2 is 1.49 bits per heavy atom. The summed E-state index contributed by atoms with van der Waals surface area (Å²) in [6.45, 7) is 15.2. The van der Waals surface area contributed by atoms with Crippen LogP contribution in [0.3, 0.4) is 0 Å². The maximum Gasteiger partial charge on any atom is 0.163 e. The Bertz CT molecular complexity index is 1140. The summed E-state index contributed by atoms with van der Waals surface area (Å²) in [5, 5.41) is 0. The maximum absolute atomic E-state index is 12.8. The van der Waals surface area contributed by atoms with Crippen LogP contribution in [-0.2, 0) is 4.79 Å². The molecule has 3 aromatic carbocycles. The van der Waals surface area contributed by atoms with Crippen LogP contribution in [0, 0.1) is 20.8 Å². The highest BCUT2D eigenvalue weighted by Crippen LogP contribution is 2.30. The number of aryl methyl sites for hydroxylation is 3. The zero-order valence-electron chi connectivity index (χ0n) is 24.2. The van der Waals surface area contributed by atoms with Crippen LogP contribution in [0.2, 0.25) is 0 Å². The summed E-state index contributed by atoms with van der Waals surface area (Å²) in [4.78, 5) is 15.2. The van der Waals surface area contributed by atoms with Gasteiger partial charge in [-0.05, 0) is 99.3 Å². The third-order valence-corrected chi connectivity index (χ3v) is 6.74. The number of carbonyl (C=O) groups is 1. The van der Waals surface area contributed by atoms with E-state index in [4.69, 9.17) is 0 Å². The number of hydrogen-bond donors (Lipinski definition) is 0. The summed E-state index contributed by atoms with van der Waals surface area (Å²) in [7, 11) is 2.21. The average molecular weight is 498 g/mol. The summed E-state index contributed by atoms with van der Waals surface area (Å²) < 4.78 is 0. The van der Waals surface area contributed by atoms with Gasteiger partial charge in [-0.3, -0.25) is 4.79 Å². The van der Waals surface area contributed by atoms with Crippen LogP contribution < -0.4 is 0 Å². The van der Waals surface area contributed by atoms with Crippen molar-refractivity contribution in [3.05, 3.63) is 94.5 Å². The van der Waals surface area contributed by atoms with Crippen LogP contribution >= 0.6 is 0 Å². The van der Waals surface area contributed by atoms with Crippen LogP contribution in [0.25, 0.3) is 22.8 Å². The maximum atomic E-state index is 12.8. The Hall–Kier alpha value is -2.97. The molecule has 0 aromatic heterocycles. The highest BCUT2D eigenvalue weighted by Gasteiger charge is 2.14. The van der Waals surface area contributed by atoms with Gasteiger partial charge in [0.2, 0.25) is 0 Å². The van der Waals surface area contributed by atoms with E-state index < -0.39 is 0 Å². The van der Waals surface area contributed by atoms with Crippen LogP contribution in [0.1, 0.15) is 80.7 Å². The Morgan fingerprint density at radius 3 is 2.11 bits per heavy atom. The van der Waals surface area contributed by atoms with E-state index >= 15 is 0 Å². The molecule has 0 aliphatic carbocycles. The van der Waals surface area contributed by atoms with E-state index in [2.05, 4.69) is 113 Å². The number of carbonyl (C=O) groups excluding carboxylic acids is 1. The van der Waals surface area contributed by atoms with E-state index in [-0.39, 0.29) is 5.78 Å². The number of benzene rings is 3. The first-order valence-corrected chi connectivity index (χ1v) is 14.0. The van der Waals surface area contributed by atoms with Crippen molar-refractivity contribution in [3.8, 4) is 11.1 Å². The summed E-state index contributed by atoms with van der Waals surface area (Å²) in [6.07, 6.45) is 7.88. The molecule has 0 radical (unpaired) electrons. The van der Waals surface area contributed by atoms with Gasteiger partial charge in [-0.1, -0.05) is 99.8 Å². The van der Waals surface area contributed by atoms with Crippen molar-refractivity contribution >= 4 is 17.4 Å². The largest absolute Gasteiger partial charge is 0.306 e. The first kappa shape index (κ1) is 30.3. The molecule has 198 valence electrons. The second-order valence-electron chi connectivity index (χ2n) is 10.1. The fourth-order valence-electron chi connectivity index (χ4n) is 4.43. The molecule has 0 bridgehead atoms. The summed E-state index contributed by atoms with van der Waals surface area (Å²) in [5.41, 5.74) is 8.78. The quantitative estimate of drug-likeness (QED) is 0.149. The van der Waals surface area contributed by atoms with Gasteiger partial charge in [-0.25, -0.2) is 0 Å². The molecule has 0 amide bonds. The van der Waals surface area contributed by atoms with E-state index in [1.54, 1.807) is 0 Å². The number of nitrogens with zero attached hydrogens (tertiary/aromatic N) is 1. The smallest absolute Gasteiger partial charge is 0.163 e. The Balaban J connectivity index is 0.000000410. The number of rotatable bonds is 11. The van der Waals surface area contributed by atoms with E-state index in [1.807, 2.05) is 13.0 Å². The van der Waals surface area contributed by atoms with Gasteiger partial charge in [0.05, 0.1) is 0 Å². The Labute approximate surface area is 226 Å².